The van der Waals surface area contributed by atoms with Crippen LogP contribution >= 0.6 is 11.6 Å². The summed E-state index contributed by atoms with van der Waals surface area (Å²) in [4.78, 5) is 0. The van der Waals surface area contributed by atoms with Gasteiger partial charge in [0.15, 0.2) is 0 Å². The van der Waals surface area contributed by atoms with Gasteiger partial charge in [-0.2, -0.15) is 0 Å². The molecule has 0 amide bonds. The van der Waals surface area contributed by atoms with Gasteiger partial charge in [0.05, 0.1) is 18.2 Å². The first-order valence-corrected chi connectivity index (χ1v) is 6.12. The maximum Gasteiger partial charge on any atom is 0.145 e. The zero-order valence-electron chi connectivity index (χ0n) is 10.00. The Labute approximate surface area is 106 Å². The normalized spacial score (nSPS) is 10.5. The van der Waals surface area contributed by atoms with Crippen molar-refractivity contribution >= 4 is 22.4 Å². The second-order valence-electron chi connectivity index (χ2n) is 3.60. The summed E-state index contributed by atoms with van der Waals surface area (Å²) in [6, 6.07) is 9.78. The van der Waals surface area contributed by atoms with Gasteiger partial charge in [-0.3, -0.25) is 0 Å². The van der Waals surface area contributed by atoms with Crippen LogP contribution in [0.25, 0.3) is 10.8 Å². The van der Waals surface area contributed by atoms with Gasteiger partial charge in [-0.15, -0.1) is 0 Å². The predicted octanol–water partition coefficient (Wildman–Crippen LogP) is 4.29. The third-order valence-corrected chi connectivity index (χ3v) is 2.78. The zero-order valence-corrected chi connectivity index (χ0v) is 10.8. The Hall–Kier alpha value is -1.41. The summed E-state index contributed by atoms with van der Waals surface area (Å²) in [5, 5.41) is 2.61. The molecule has 0 N–H and O–H groups in total. The molecule has 2 aromatic rings. The molecule has 90 valence electrons. The van der Waals surface area contributed by atoms with E-state index < -0.39 is 0 Å². The average molecular weight is 251 g/mol. The van der Waals surface area contributed by atoms with Crippen LogP contribution in [0.1, 0.15) is 13.8 Å². The van der Waals surface area contributed by atoms with E-state index in [2.05, 4.69) is 0 Å². The predicted molar refractivity (Wildman–Crippen MR) is 71.3 cm³/mol. The van der Waals surface area contributed by atoms with E-state index in [1.165, 1.54) is 0 Å². The molecule has 2 rings (SSSR count). The fraction of sp³-hybridized carbons (Fsp3) is 0.286. The maximum absolute atomic E-state index is 6.22. The van der Waals surface area contributed by atoms with Crippen LogP contribution in [0.4, 0.5) is 0 Å². The second-order valence-corrected chi connectivity index (χ2v) is 4.00. The van der Waals surface area contributed by atoms with E-state index in [0.717, 1.165) is 22.3 Å². The molecule has 0 atom stereocenters. The molecule has 0 fully saturated rings. The summed E-state index contributed by atoms with van der Waals surface area (Å²) in [5.41, 5.74) is 0. The maximum atomic E-state index is 6.22. The van der Waals surface area contributed by atoms with Crippen LogP contribution in [-0.4, -0.2) is 13.2 Å². The number of hydrogen-bond acceptors (Lipinski definition) is 2. The molecule has 0 spiro atoms. The first-order valence-electron chi connectivity index (χ1n) is 5.74. The molecule has 0 aliphatic rings. The minimum absolute atomic E-state index is 0.592. The van der Waals surface area contributed by atoms with Crippen LogP contribution in [0.2, 0.25) is 5.02 Å². The summed E-state index contributed by atoms with van der Waals surface area (Å²) >= 11 is 6.22. The van der Waals surface area contributed by atoms with Crippen molar-refractivity contribution in [3.8, 4) is 11.5 Å². The van der Waals surface area contributed by atoms with Crippen LogP contribution in [0, 0.1) is 0 Å². The molecule has 0 unspecified atom stereocenters. The van der Waals surface area contributed by atoms with Crippen molar-refractivity contribution in [1.29, 1.82) is 0 Å². The lowest BCUT2D eigenvalue weighted by molar-refractivity contribution is 0.337. The van der Waals surface area contributed by atoms with Gasteiger partial charge < -0.3 is 9.47 Å². The molecule has 0 aromatic heterocycles. The molecule has 0 aliphatic heterocycles. The van der Waals surface area contributed by atoms with Gasteiger partial charge in [-0.1, -0.05) is 35.9 Å². The highest BCUT2D eigenvalue weighted by Gasteiger charge is 2.12. The molecule has 0 saturated carbocycles. The van der Waals surface area contributed by atoms with E-state index >= 15 is 0 Å². The first-order chi connectivity index (χ1) is 8.27. The topological polar surface area (TPSA) is 18.5 Å². The largest absolute Gasteiger partial charge is 0.493 e. The molecule has 3 heteroatoms. The number of fused-ring (bicyclic) bond motifs is 1. The van der Waals surface area contributed by atoms with Crippen LogP contribution in [0.5, 0.6) is 11.5 Å². The third kappa shape index (κ3) is 2.32. The summed E-state index contributed by atoms with van der Waals surface area (Å²) in [6.07, 6.45) is 0. The Bertz CT molecular complexity index is 523. The minimum Gasteiger partial charge on any atom is -0.493 e. The lowest BCUT2D eigenvalue weighted by Gasteiger charge is -2.13. The summed E-state index contributed by atoms with van der Waals surface area (Å²) in [5.74, 6) is 1.53. The number of ether oxygens (including phenoxy) is 2. The Morgan fingerprint density at radius 1 is 1.00 bits per heavy atom. The lowest BCUT2D eigenvalue weighted by atomic mass is 10.1. The van der Waals surface area contributed by atoms with Gasteiger partial charge in [-0.25, -0.2) is 0 Å². The smallest absolute Gasteiger partial charge is 0.145 e. The quantitative estimate of drug-likeness (QED) is 0.806. The molecular formula is C14H15ClO2. The van der Waals surface area contributed by atoms with E-state index in [4.69, 9.17) is 21.1 Å². The molecule has 0 bridgehead atoms. The minimum atomic E-state index is 0.592. The summed E-state index contributed by atoms with van der Waals surface area (Å²) < 4.78 is 11.2. The van der Waals surface area contributed by atoms with Gasteiger partial charge >= 0.3 is 0 Å². The molecule has 0 radical (unpaired) electrons. The Morgan fingerprint density at radius 2 is 1.65 bits per heavy atom. The van der Waals surface area contributed by atoms with E-state index in [0.29, 0.717) is 18.2 Å². The van der Waals surface area contributed by atoms with Crippen LogP contribution in [0.3, 0.4) is 0 Å². The van der Waals surface area contributed by atoms with Gasteiger partial charge in [-0.05, 0) is 13.8 Å². The Balaban J connectivity index is 2.68. The van der Waals surface area contributed by atoms with Crippen LogP contribution in [0.15, 0.2) is 30.3 Å². The van der Waals surface area contributed by atoms with Crippen molar-refractivity contribution in [2.24, 2.45) is 0 Å². The number of hydrogen-bond donors (Lipinski definition) is 0. The number of benzene rings is 2. The van der Waals surface area contributed by atoms with Gasteiger partial charge in [0.1, 0.15) is 11.5 Å². The summed E-state index contributed by atoms with van der Waals surface area (Å²) in [6.45, 7) is 5.12. The van der Waals surface area contributed by atoms with E-state index in [9.17, 15) is 0 Å². The van der Waals surface area contributed by atoms with Crippen molar-refractivity contribution in [3.63, 3.8) is 0 Å². The van der Waals surface area contributed by atoms with Gasteiger partial charge in [0.2, 0.25) is 0 Å². The molecular weight excluding hydrogens is 236 g/mol. The molecule has 0 aliphatic carbocycles. The van der Waals surface area contributed by atoms with E-state index in [1.54, 1.807) is 0 Å². The summed E-state index contributed by atoms with van der Waals surface area (Å²) in [7, 11) is 0. The second kappa shape index (κ2) is 5.28. The molecule has 17 heavy (non-hydrogen) atoms. The molecule has 2 aromatic carbocycles. The highest BCUT2D eigenvalue weighted by atomic mass is 35.5. The molecule has 0 saturated heterocycles. The lowest BCUT2D eigenvalue weighted by Crippen LogP contribution is -1.97. The Kier molecular flexibility index (Phi) is 3.75. The van der Waals surface area contributed by atoms with Crippen molar-refractivity contribution in [3.05, 3.63) is 35.4 Å². The SMILES string of the molecule is CCOc1cc(Cl)c(OCC)c2ccccc12. The highest BCUT2D eigenvalue weighted by Crippen LogP contribution is 2.39. The fourth-order valence-corrected chi connectivity index (χ4v) is 2.10. The molecule has 0 heterocycles. The average Bonchev–Trinajstić information content (AvgIpc) is 2.34. The van der Waals surface area contributed by atoms with E-state index in [-0.39, 0.29) is 0 Å². The highest BCUT2D eigenvalue weighted by molar-refractivity contribution is 6.33. The monoisotopic (exact) mass is 250 g/mol. The number of halogens is 1. The Morgan fingerprint density at radius 3 is 2.29 bits per heavy atom. The standard InChI is InChI=1S/C14H15ClO2/c1-3-16-13-9-12(15)14(17-4-2)11-8-6-5-7-10(11)13/h5-9H,3-4H2,1-2H3. The van der Waals surface area contributed by atoms with Gasteiger partial charge in [0.25, 0.3) is 0 Å². The van der Waals surface area contributed by atoms with Crippen LogP contribution < -0.4 is 9.47 Å². The third-order valence-electron chi connectivity index (χ3n) is 2.50. The zero-order chi connectivity index (χ0) is 12.3. The fourth-order valence-electron chi connectivity index (χ4n) is 1.85. The van der Waals surface area contributed by atoms with Crippen molar-refractivity contribution in [2.75, 3.05) is 13.2 Å². The first kappa shape index (κ1) is 12.1. The number of rotatable bonds is 4. The van der Waals surface area contributed by atoms with E-state index in [1.807, 2.05) is 44.2 Å². The van der Waals surface area contributed by atoms with Gasteiger partial charge in [0, 0.05) is 16.8 Å². The van der Waals surface area contributed by atoms with Crippen molar-refractivity contribution in [1.82, 2.24) is 0 Å². The molecule has 2 nitrogen and oxygen atoms in total. The van der Waals surface area contributed by atoms with Crippen LogP contribution in [-0.2, 0) is 0 Å². The van der Waals surface area contributed by atoms with Crippen molar-refractivity contribution < 1.29 is 9.47 Å². The van der Waals surface area contributed by atoms with Crippen molar-refractivity contribution in [2.45, 2.75) is 13.8 Å².